The van der Waals surface area contributed by atoms with E-state index >= 15 is 0 Å². The summed E-state index contributed by atoms with van der Waals surface area (Å²) in [5, 5.41) is 9.30. The van der Waals surface area contributed by atoms with Crippen LogP contribution in [0.25, 0.3) is 0 Å². The summed E-state index contributed by atoms with van der Waals surface area (Å²) in [7, 11) is -2.91. The van der Waals surface area contributed by atoms with Gasteiger partial charge in [-0.2, -0.15) is 0 Å². The van der Waals surface area contributed by atoms with Gasteiger partial charge in [0.1, 0.15) is 12.8 Å². The highest BCUT2D eigenvalue weighted by molar-refractivity contribution is 7.64. The molecular weight excluding hydrogens is 283 g/mol. The number of hydrogen-bond donors (Lipinski definition) is 1. The first-order chi connectivity index (χ1) is 10.0. The van der Waals surface area contributed by atoms with Crippen LogP contribution in [0, 0.1) is 0 Å². The van der Waals surface area contributed by atoms with Gasteiger partial charge in [-0.1, -0.05) is 60.7 Å². The van der Waals surface area contributed by atoms with Crippen LogP contribution >= 0.6 is 7.14 Å². The fourth-order valence-corrected chi connectivity index (χ4v) is 5.04. The van der Waals surface area contributed by atoms with Crippen LogP contribution in [0.2, 0.25) is 0 Å². The van der Waals surface area contributed by atoms with E-state index in [9.17, 15) is 14.5 Å². The number of carboxylic acid groups (broad SMARTS) is 1. The lowest BCUT2D eigenvalue weighted by molar-refractivity contribution is -0.136. The SMILES string of the molecule is C[C@@H](C(=O)O)P(=O)(Cc1ccccc1)Cc1ccccc1. The molecule has 2 aromatic rings. The summed E-state index contributed by atoms with van der Waals surface area (Å²) in [6, 6.07) is 18.9. The topological polar surface area (TPSA) is 54.4 Å². The molecule has 3 nitrogen and oxygen atoms in total. The highest BCUT2D eigenvalue weighted by Crippen LogP contribution is 2.56. The third kappa shape index (κ3) is 4.05. The molecule has 1 atom stereocenters. The Morgan fingerprint density at radius 1 is 0.952 bits per heavy atom. The molecule has 0 aliphatic rings. The normalized spacial score (nSPS) is 12.8. The van der Waals surface area contributed by atoms with Crippen LogP contribution in [0.1, 0.15) is 18.1 Å². The molecule has 0 saturated carbocycles. The molecule has 21 heavy (non-hydrogen) atoms. The van der Waals surface area contributed by atoms with Crippen LogP contribution in [0.3, 0.4) is 0 Å². The van der Waals surface area contributed by atoms with E-state index in [1.54, 1.807) is 6.92 Å². The highest BCUT2D eigenvalue weighted by atomic mass is 31.2. The molecule has 0 heterocycles. The number of rotatable bonds is 6. The molecule has 0 aliphatic carbocycles. The highest BCUT2D eigenvalue weighted by Gasteiger charge is 2.35. The van der Waals surface area contributed by atoms with E-state index < -0.39 is 18.8 Å². The number of benzene rings is 2. The van der Waals surface area contributed by atoms with Crippen molar-refractivity contribution in [1.29, 1.82) is 0 Å². The zero-order valence-electron chi connectivity index (χ0n) is 12.0. The summed E-state index contributed by atoms with van der Waals surface area (Å²) < 4.78 is 13.3. The zero-order chi connectivity index (χ0) is 15.3. The average Bonchev–Trinajstić information content (AvgIpc) is 2.48. The summed E-state index contributed by atoms with van der Waals surface area (Å²) in [6.07, 6.45) is 0.631. The van der Waals surface area contributed by atoms with Crippen molar-refractivity contribution in [1.82, 2.24) is 0 Å². The van der Waals surface area contributed by atoms with Gasteiger partial charge in [0.25, 0.3) is 0 Å². The maximum absolute atomic E-state index is 13.3. The monoisotopic (exact) mass is 302 g/mol. The van der Waals surface area contributed by atoms with E-state index in [-0.39, 0.29) is 0 Å². The predicted octanol–water partition coefficient (Wildman–Crippen LogP) is 4.22. The predicted molar refractivity (Wildman–Crippen MR) is 85.0 cm³/mol. The van der Waals surface area contributed by atoms with Crippen molar-refractivity contribution in [2.75, 3.05) is 0 Å². The lowest BCUT2D eigenvalue weighted by atomic mass is 10.2. The average molecular weight is 302 g/mol. The number of aliphatic carboxylic acids is 1. The van der Waals surface area contributed by atoms with E-state index in [2.05, 4.69) is 0 Å². The number of carbonyl (C=O) groups is 1. The van der Waals surface area contributed by atoms with Crippen molar-refractivity contribution in [3.63, 3.8) is 0 Å². The van der Waals surface area contributed by atoms with Gasteiger partial charge in [0.15, 0.2) is 0 Å². The van der Waals surface area contributed by atoms with Crippen molar-refractivity contribution in [3.8, 4) is 0 Å². The van der Waals surface area contributed by atoms with E-state index in [1.807, 2.05) is 60.7 Å². The van der Waals surface area contributed by atoms with Crippen molar-refractivity contribution < 1.29 is 14.5 Å². The standard InChI is InChI=1S/C17H19O3P/c1-14(17(18)19)21(20,12-15-8-4-2-5-9-15)13-16-10-6-3-7-11-16/h2-11,14H,12-13H2,1H3,(H,18,19)/t14-/m0/s1. The summed E-state index contributed by atoms with van der Waals surface area (Å²) >= 11 is 0. The Morgan fingerprint density at radius 3 is 1.67 bits per heavy atom. The second-order valence-electron chi connectivity index (χ2n) is 5.25. The minimum atomic E-state index is -2.91. The first-order valence-corrected chi connectivity index (χ1v) is 9.04. The molecule has 0 aliphatic heterocycles. The quantitative estimate of drug-likeness (QED) is 0.813. The molecule has 110 valence electrons. The Kier molecular flexibility index (Phi) is 4.98. The largest absolute Gasteiger partial charge is 0.481 e. The van der Waals surface area contributed by atoms with Crippen LogP contribution in [0.4, 0.5) is 0 Å². The second-order valence-corrected chi connectivity index (χ2v) is 8.57. The van der Waals surface area contributed by atoms with E-state index in [0.29, 0.717) is 12.3 Å². The van der Waals surface area contributed by atoms with Gasteiger partial charge >= 0.3 is 5.97 Å². The zero-order valence-corrected chi connectivity index (χ0v) is 12.9. The van der Waals surface area contributed by atoms with Gasteiger partial charge in [0.2, 0.25) is 0 Å². The Balaban J connectivity index is 2.30. The minimum Gasteiger partial charge on any atom is -0.481 e. The second kappa shape index (κ2) is 6.73. The molecule has 2 rings (SSSR count). The Bertz CT molecular complexity index is 592. The summed E-state index contributed by atoms with van der Waals surface area (Å²) in [6.45, 7) is 1.55. The Labute approximate surface area is 125 Å². The van der Waals surface area contributed by atoms with Crippen molar-refractivity contribution in [2.45, 2.75) is 24.9 Å². The Hall–Kier alpha value is -1.86. The molecule has 0 aromatic heterocycles. The molecule has 0 saturated heterocycles. The van der Waals surface area contributed by atoms with Crippen molar-refractivity contribution in [3.05, 3.63) is 71.8 Å². The maximum atomic E-state index is 13.3. The van der Waals surface area contributed by atoms with Crippen LogP contribution in [0.15, 0.2) is 60.7 Å². The fraction of sp³-hybridized carbons (Fsp3) is 0.235. The molecule has 0 fully saturated rings. The van der Waals surface area contributed by atoms with Crippen molar-refractivity contribution in [2.24, 2.45) is 0 Å². The number of hydrogen-bond acceptors (Lipinski definition) is 2. The van der Waals surface area contributed by atoms with Crippen LogP contribution in [-0.2, 0) is 21.7 Å². The van der Waals surface area contributed by atoms with Gasteiger partial charge in [-0.15, -0.1) is 0 Å². The first kappa shape index (κ1) is 15.5. The molecule has 2 aromatic carbocycles. The van der Waals surface area contributed by atoms with Gasteiger partial charge in [-0.05, 0) is 18.1 Å². The maximum Gasteiger partial charge on any atom is 0.313 e. The Morgan fingerprint density at radius 2 is 1.33 bits per heavy atom. The summed E-state index contributed by atoms with van der Waals surface area (Å²) in [4.78, 5) is 11.4. The lowest BCUT2D eigenvalue weighted by Crippen LogP contribution is -2.18. The smallest absolute Gasteiger partial charge is 0.313 e. The van der Waals surface area contributed by atoms with E-state index in [0.717, 1.165) is 11.1 Å². The number of carboxylic acids is 1. The van der Waals surface area contributed by atoms with Gasteiger partial charge in [0.05, 0.1) is 0 Å². The summed E-state index contributed by atoms with van der Waals surface area (Å²) in [5.41, 5.74) is 0.993. The third-order valence-electron chi connectivity index (χ3n) is 3.65. The molecule has 0 bridgehead atoms. The molecule has 0 amide bonds. The van der Waals surface area contributed by atoms with E-state index in [4.69, 9.17) is 0 Å². The fourth-order valence-electron chi connectivity index (χ4n) is 2.32. The van der Waals surface area contributed by atoms with Crippen LogP contribution in [0.5, 0.6) is 0 Å². The molecule has 0 radical (unpaired) electrons. The third-order valence-corrected chi connectivity index (χ3v) is 7.08. The molecule has 0 unspecified atom stereocenters. The molecule has 4 heteroatoms. The van der Waals surface area contributed by atoms with E-state index in [1.165, 1.54) is 0 Å². The first-order valence-electron chi connectivity index (χ1n) is 6.90. The van der Waals surface area contributed by atoms with Crippen LogP contribution in [-0.4, -0.2) is 16.7 Å². The van der Waals surface area contributed by atoms with Crippen LogP contribution < -0.4 is 0 Å². The van der Waals surface area contributed by atoms with Crippen molar-refractivity contribution >= 4 is 13.1 Å². The molecule has 1 N–H and O–H groups in total. The lowest BCUT2D eigenvalue weighted by Gasteiger charge is -2.22. The summed E-state index contributed by atoms with van der Waals surface area (Å²) in [5.74, 6) is -0.995. The van der Waals surface area contributed by atoms with Gasteiger partial charge in [0, 0.05) is 12.3 Å². The molecular formula is C17H19O3P. The van der Waals surface area contributed by atoms with Gasteiger partial charge in [-0.3, -0.25) is 4.79 Å². The van der Waals surface area contributed by atoms with Gasteiger partial charge < -0.3 is 9.67 Å². The van der Waals surface area contributed by atoms with Gasteiger partial charge in [-0.25, -0.2) is 0 Å². The minimum absolute atomic E-state index is 0.316. The molecule has 0 spiro atoms.